The Morgan fingerprint density at radius 3 is 2.34 bits per heavy atom. The van der Waals surface area contributed by atoms with E-state index in [4.69, 9.17) is 20.6 Å². The lowest BCUT2D eigenvalue weighted by molar-refractivity contribution is -0.157. The van der Waals surface area contributed by atoms with Crippen LogP contribution in [0.4, 0.5) is 0 Å². The number of carbonyl (C=O) groups excluding carboxylic acids is 3. The molecule has 41 heavy (non-hydrogen) atoms. The van der Waals surface area contributed by atoms with Crippen molar-refractivity contribution in [2.24, 2.45) is 17.3 Å². The second kappa shape index (κ2) is 20.8. The van der Waals surface area contributed by atoms with Crippen molar-refractivity contribution < 1.29 is 28.6 Å². The van der Waals surface area contributed by atoms with Gasteiger partial charge in [0.1, 0.15) is 19.8 Å². The van der Waals surface area contributed by atoms with Crippen LogP contribution >= 0.6 is 0 Å². The lowest BCUT2D eigenvalue weighted by Gasteiger charge is -2.27. The first kappa shape index (κ1) is 34.1. The Bertz CT molecular complexity index is 949. The van der Waals surface area contributed by atoms with Gasteiger partial charge >= 0.3 is 11.9 Å². The zero-order valence-electron chi connectivity index (χ0n) is 25.0. The maximum Gasteiger partial charge on any atom is 0.305 e. The third-order valence-electron chi connectivity index (χ3n) is 7.92. The van der Waals surface area contributed by atoms with Gasteiger partial charge in [-0.3, -0.25) is 14.4 Å². The summed E-state index contributed by atoms with van der Waals surface area (Å²) < 4.78 is 15.6. The second-order valence-corrected chi connectivity index (χ2v) is 11.7. The molecule has 1 aliphatic rings. The Morgan fingerprint density at radius 1 is 0.927 bits per heavy atom. The molecule has 1 fully saturated rings. The highest BCUT2D eigenvalue weighted by atomic mass is 16.6. The SMILES string of the molecule is C#CCCCC(=O)OCC(C)(COC=O)COC(=O)CCC/C=C\C[C@H]1CCCC1CCCCCc1ccccc1. The summed E-state index contributed by atoms with van der Waals surface area (Å²) in [7, 11) is 0. The van der Waals surface area contributed by atoms with E-state index >= 15 is 0 Å². The van der Waals surface area contributed by atoms with E-state index in [1.807, 2.05) is 0 Å². The number of rotatable bonds is 22. The summed E-state index contributed by atoms with van der Waals surface area (Å²) in [5.41, 5.74) is 0.635. The van der Waals surface area contributed by atoms with Crippen molar-refractivity contribution in [3.05, 3.63) is 48.0 Å². The van der Waals surface area contributed by atoms with Crippen molar-refractivity contribution in [2.75, 3.05) is 19.8 Å². The van der Waals surface area contributed by atoms with Crippen molar-refractivity contribution in [3.8, 4) is 12.3 Å². The summed E-state index contributed by atoms with van der Waals surface area (Å²) in [5, 5.41) is 0. The minimum atomic E-state index is -0.808. The van der Waals surface area contributed by atoms with Gasteiger partial charge in [-0.2, -0.15) is 0 Å². The third-order valence-corrected chi connectivity index (χ3v) is 7.92. The molecule has 226 valence electrons. The minimum absolute atomic E-state index is 0.00245. The number of ether oxygens (including phenoxy) is 3. The summed E-state index contributed by atoms with van der Waals surface area (Å²) in [4.78, 5) is 34.9. The highest BCUT2D eigenvalue weighted by Gasteiger charge is 2.30. The number of terminal acetylenes is 1. The van der Waals surface area contributed by atoms with E-state index in [9.17, 15) is 14.4 Å². The molecule has 1 aliphatic carbocycles. The zero-order chi connectivity index (χ0) is 29.6. The number of aryl methyl sites for hydroxylation is 1. The Labute approximate surface area is 247 Å². The molecule has 3 atom stereocenters. The Kier molecular flexibility index (Phi) is 17.3. The van der Waals surface area contributed by atoms with Crippen LogP contribution in [0.2, 0.25) is 0 Å². The van der Waals surface area contributed by atoms with Crippen LogP contribution in [0.5, 0.6) is 0 Å². The predicted molar refractivity (Wildman–Crippen MR) is 162 cm³/mol. The number of esters is 2. The van der Waals surface area contributed by atoms with Crippen LogP contribution in [0, 0.1) is 29.6 Å². The highest BCUT2D eigenvalue weighted by molar-refractivity contribution is 5.70. The summed E-state index contributed by atoms with van der Waals surface area (Å²) in [6, 6.07) is 10.8. The van der Waals surface area contributed by atoms with Gasteiger partial charge in [-0.15, -0.1) is 12.3 Å². The molecule has 2 rings (SSSR count). The molecular formula is C35H50O6. The molecule has 0 amide bonds. The second-order valence-electron chi connectivity index (χ2n) is 11.7. The molecule has 0 radical (unpaired) electrons. The smallest absolute Gasteiger partial charge is 0.305 e. The lowest BCUT2D eigenvalue weighted by atomic mass is 9.88. The van der Waals surface area contributed by atoms with Crippen LogP contribution in [0.15, 0.2) is 42.5 Å². The van der Waals surface area contributed by atoms with E-state index in [1.165, 1.54) is 56.9 Å². The van der Waals surface area contributed by atoms with Gasteiger partial charge in [0.15, 0.2) is 0 Å². The van der Waals surface area contributed by atoms with Gasteiger partial charge in [-0.05, 0) is 69.3 Å². The summed E-state index contributed by atoms with van der Waals surface area (Å²) >= 11 is 0. The fourth-order valence-corrected chi connectivity index (χ4v) is 5.46. The molecule has 6 nitrogen and oxygen atoms in total. The van der Waals surface area contributed by atoms with E-state index in [0.717, 1.165) is 31.1 Å². The molecular weight excluding hydrogens is 516 g/mol. The Balaban J connectivity index is 1.58. The van der Waals surface area contributed by atoms with Gasteiger partial charge in [0.25, 0.3) is 6.47 Å². The summed E-state index contributed by atoms with van der Waals surface area (Å²) in [6.07, 6.45) is 24.5. The number of hydrogen-bond donors (Lipinski definition) is 0. The largest absolute Gasteiger partial charge is 0.467 e. The normalized spacial score (nSPS) is 18.0. The topological polar surface area (TPSA) is 78.9 Å². The summed E-state index contributed by atoms with van der Waals surface area (Å²) in [5.74, 6) is 3.45. The number of hydrogen-bond acceptors (Lipinski definition) is 6. The molecule has 0 heterocycles. The van der Waals surface area contributed by atoms with Crippen LogP contribution in [0.25, 0.3) is 0 Å². The molecule has 2 unspecified atom stereocenters. The van der Waals surface area contributed by atoms with Crippen LogP contribution in [0.3, 0.4) is 0 Å². The predicted octanol–water partition coefficient (Wildman–Crippen LogP) is 7.39. The molecule has 0 bridgehead atoms. The van der Waals surface area contributed by atoms with Gasteiger partial charge in [0.2, 0.25) is 0 Å². The highest BCUT2D eigenvalue weighted by Crippen LogP contribution is 2.37. The van der Waals surface area contributed by atoms with Gasteiger partial charge < -0.3 is 14.2 Å². The van der Waals surface area contributed by atoms with Crippen LogP contribution in [-0.4, -0.2) is 38.2 Å². The van der Waals surface area contributed by atoms with Crippen molar-refractivity contribution in [1.29, 1.82) is 0 Å². The maximum absolute atomic E-state index is 12.3. The third kappa shape index (κ3) is 15.5. The van der Waals surface area contributed by atoms with E-state index in [1.54, 1.807) is 6.92 Å². The monoisotopic (exact) mass is 566 g/mol. The number of unbranched alkanes of at least 4 members (excludes halogenated alkanes) is 4. The first-order valence-corrected chi connectivity index (χ1v) is 15.4. The minimum Gasteiger partial charge on any atom is -0.467 e. The molecule has 1 aromatic carbocycles. The quantitative estimate of drug-likeness (QED) is 0.0364. The van der Waals surface area contributed by atoms with Gasteiger partial charge in [0, 0.05) is 19.3 Å². The van der Waals surface area contributed by atoms with Crippen molar-refractivity contribution >= 4 is 18.4 Å². The fourth-order valence-electron chi connectivity index (χ4n) is 5.46. The van der Waals surface area contributed by atoms with Crippen molar-refractivity contribution in [3.63, 3.8) is 0 Å². The zero-order valence-corrected chi connectivity index (χ0v) is 25.0. The number of carbonyl (C=O) groups is 3. The standard InChI is InChI=1S/C35H50O6/c1-3-4-9-24-33(37)40-27-35(2,26-39-29-36)28-41-34(38)25-15-6-5-13-20-31-22-16-23-32(31)21-14-8-12-19-30-17-10-7-11-18-30/h1,5,7,10-11,13,17-18,29,31-32H,4,6,8-9,12,14-16,19-28H2,2H3/b13-5-/t31-,32?,35?/m0/s1. The molecule has 1 saturated carbocycles. The Morgan fingerprint density at radius 2 is 1.63 bits per heavy atom. The van der Waals surface area contributed by atoms with E-state index in [0.29, 0.717) is 25.7 Å². The molecule has 0 aliphatic heterocycles. The van der Waals surface area contributed by atoms with Gasteiger partial charge in [-0.25, -0.2) is 0 Å². The van der Waals surface area contributed by atoms with Crippen LogP contribution < -0.4 is 0 Å². The summed E-state index contributed by atoms with van der Waals surface area (Å²) in [6.45, 7) is 2.06. The van der Waals surface area contributed by atoms with Crippen LogP contribution in [0.1, 0.15) is 102 Å². The van der Waals surface area contributed by atoms with Gasteiger partial charge in [-0.1, -0.05) is 74.6 Å². The maximum atomic E-state index is 12.3. The Hall–Kier alpha value is -3.07. The molecule has 0 aromatic heterocycles. The van der Waals surface area contributed by atoms with E-state index in [-0.39, 0.29) is 38.2 Å². The fraction of sp³-hybridized carbons (Fsp3) is 0.629. The molecule has 0 saturated heterocycles. The van der Waals surface area contributed by atoms with Crippen LogP contribution in [-0.2, 0) is 35.0 Å². The molecule has 0 N–H and O–H groups in total. The molecule has 6 heteroatoms. The van der Waals surface area contributed by atoms with E-state index in [2.05, 4.69) is 48.4 Å². The first-order chi connectivity index (χ1) is 20.0. The van der Waals surface area contributed by atoms with E-state index < -0.39 is 5.41 Å². The van der Waals surface area contributed by atoms with Gasteiger partial charge in [0.05, 0.1) is 5.41 Å². The number of benzene rings is 1. The first-order valence-electron chi connectivity index (χ1n) is 15.4. The molecule has 1 aromatic rings. The lowest BCUT2D eigenvalue weighted by Crippen LogP contribution is -2.36. The van der Waals surface area contributed by atoms with Crippen molar-refractivity contribution in [2.45, 2.75) is 103 Å². The molecule has 0 spiro atoms. The number of allylic oxidation sites excluding steroid dienone is 2. The average Bonchev–Trinajstić information content (AvgIpc) is 3.43. The average molecular weight is 567 g/mol. The van der Waals surface area contributed by atoms with Crippen molar-refractivity contribution in [1.82, 2.24) is 0 Å².